The molecule has 0 amide bonds. The predicted molar refractivity (Wildman–Crippen MR) is 82.8 cm³/mol. The highest BCUT2D eigenvalue weighted by Crippen LogP contribution is 2.26. The number of nitrogens with two attached hydrogens (primary N) is 1. The quantitative estimate of drug-likeness (QED) is 0.656. The lowest BCUT2D eigenvalue weighted by atomic mass is 10.1. The van der Waals surface area contributed by atoms with Crippen LogP contribution in [-0.4, -0.2) is 0 Å². The van der Waals surface area contributed by atoms with Gasteiger partial charge in [-0.3, -0.25) is 0 Å². The van der Waals surface area contributed by atoms with Crippen molar-refractivity contribution in [2.45, 2.75) is 6.92 Å². The number of hydrogen-bond acceptors (Lipinski definition) is 2. The summed E-state index contributed by atoms with van der Waals surface area (Å²) in [6.45, 7) is 2.04. The third-order valence-electron chi connectivity index (χ3n) is 3.24. The van der Waals surface area contributed by atoms with Crippen molar-refractivity contribution in [2.24, 2.45) is 0 Å². The fraction of sp³-hybridized carbons (Fsp3) is 0.0588. The molecular formula is C17H16N2. The number of hydrogen-bond donors (Lipinski definition) is 2. The smallest absolute Gasteiger partial charge is 0.0618 e. The van der Waals surface area contributed by atoms with Crippen LogP contribution in [0.3, 0.4) is 0 Å². The van der Waals surface area contributed by atoms with Gasteiger partial charge in [-0.2, -0.15) is 0 Å². The molecule has 3 N–H and O–H groups in total. The molecule has 3 aromatic carbocycles. The third-order valence-corrected chi connectivity index (χ3v) is 3.24. The second kappa shape index (κ2) is 4.65. The standard InChI is InChI=1S/C17H16N2/c1-12-6-9-17(16(18)10-12)19-15-8-7-13-4-2-3-5-14(13)11-15/h2-11,19H,18H2,1H3. The Morgan fingerprint density at radius 1 is 0.842 bits per heavy atom. The van der Waals surface area contributed by atoms with Gasteiger partial charge in [-0.25, -0.2) is 0 Å². The van der Waals surface area contributed by atoms with Crippen molar-refractivity contribution in [2.75, 3.05) is 11.1 Å². The molecule has 0 bridgehead atoms. The van der Waals surface area contributed by atoms with E-state index in [1.807, 2.05) is 31.2 Å². The molecule has 94 valence electrons. The average Bonchev–Trinajstić information content (AvgIpc) is 2.42. The predicted octanol–water partition coefficient (Wildman–Crippen LogP) is 4.47. The van der Waals surface area contributed by atoms with Crippen molar-refractivity contribution < 1.29 is 0 Å². The lowest BCUT2D eigenvalue weighted by Gasteiger charge is -2.10. The number of aryl methyl sites for hydroxylation is 1. The number of fused-ring (bicyclic) bond motifs is 1. The van der Waals surface area contributed by atoms with Crippen LogP contribution in [0.25, 0.3) is 10.8 Å². The van der Waals surface area contributed by atoms with Crippen LogP contribution in [0.15, 0.2) is 60.7 Å². The molecule has 0 spiro atoms. The maximum absolute atomic E-state index is 6.02. The summed E-state index contributed by atoms with van der Waals surface area (Å²) in [5, 5.41) is 5.83. The molecule has 3 aromatic rings. The van der Waals surface area contributed by atoms with Crippen molar-refractivity contribution in [3.8, 4) is 0 Å². The van der Waals surface area contributed by atoms with Crippen LogP contribution < -0.4 is 11.1 Å². The van der Waals surface area contributed by atoms with Crippen LogP contribution in [0.2, 0.25) is 0 Å². The summed E-state index contributed by atoms with van der Waals surface area (Å²) >= 11 is 0. The number of anilines is 3. The normalized spacial score (nSPS) is 10.6. The highest BCUT2D eigenvalue weighted by atomic mass is 14.9. The highest BCUT2D eigenvalue weighted by Gasteiger charge is 2.01. The summed E-state index contributed by atoms with van der Waals surface area (Å²) < 4.78 is 0. The first-order valence-corrected chi connectivity index (χ1v) is 6.34. The topological polar surface area (TPSA) is 38.0 Å². The number of benzene rings is 3. The Morgan fingerprint density at radius 3 is 2.42 bits per heavy atom. The zero-order valence-electron chi connectivity index (χ0n) is 10.9. The molecule has 0 saturated carbocycles. The van der Waals surface area contributed by atoms with Gasteiger partial charge in [0.05, 0.1) is 11.4 Å². The summed E-state index contributed by atoms with van der Waals surface area (Å²) in [6.07, 6.45) is 0. The molecule has 0 aromatic heterocycles. The Bertz CT molecular complexity index is 732. The monoisotopic (exact) mass is 248 g/mol. The van der Waals surface area contributed by atoms with E-state index in [0.29, 0.717) is 0 Å². The second-order valence-electron chi connectivity index (χ2n) is 4.78. The Hall–Kier alpha value is -2.48. The average molecular weight is 248 g/mol. The van der Waals surface area contributed by atoms with E-state index < -0.39 is 0 Å². The largest absolute Gasteiger partial charge is 0.397 e. The van der Waals surface area contributed by atoms with Gasteiger partial charge in [0, 0.05) is 5.69 Å². The summed E-state index contributed by atoms with van der Waals surface area (Å²) in [6, 6.07) is 20.7. The summed E-state index contributed by atoms with van der Waals surface area (Å²) in [7, 11) is 0. The minimum absolute atomic E-state index is 0.771. The van der Waals surface area contributed by atoms with Crippen LogP contribution in [0.1, 0.15) is 5.56 Å². The van der Waals surface area contributed by atoms with Crippen LogP contribution in [0, 0.1) is 6.92 Å². The fourth-order valence-electron chi connectivity index (χ4n) is 2.22. The molecule has 3 rings (SSSR count). The van der Waals surface area contributed by atoms with Gasteiger partial charge in [-0.05, 0) is 47.5 Å². The van der Waals surface area contributed by atoms with E-state index in [0.717, 1.165) is 17.1 Å². The van der Waals surface area contributed by atoms with Crippen molar-refractivity contribution in [1.82, 2.24) is 0 Å². The van der Waals surface area contributed by atoms with Crippen molar-refractivity contribution >= 4 is 27.8 Å². The maximum atomic E-state index is 6.02. The van der Waals surface area contributed by atoms with Crippen molar-refractivity contribution in [3.63, 3.8) is 0 Å². The SMILES string of the molecule is Cc1ccc(Nc2ccc3ccccc3c2)c(N)c1. The van der Waals surface area contributed by atoms with Crippen molar-refractivity contribution in [1.29, 1.82) is 0 Å². The molecule has 0 heterocycles. The van der Waals surface area contributed by atoms with E-state index in [1.54, 1.807) is 0 Å². The third kappa shape index (κ3) is 2.38. The fourth-order valence-corrected chi connectivity index (χ4v) is 2.22. The molecule has 19 heavy (non-hydrogen) atoms. The van der Waals surface area contributed by atoms with E-state index in [4.69, 9.17) is 5.73 Å². The molecule has 0 aliphatic heterocycles. The van der Waals surface area contributed by atoms with Crippen LogP contribution in [-0.2, 0) is 0 Å². The molecule has 2 heteroatoms. The van der Waals surface area contributed by atoms with Crippen LogP contribution >= 0.6 is 0 Å². The van der Waals surface area contributed by atoms with E-state index in [-0.39, 0.29) is 0 Å². The summed E-state index contributed by atoms with van der Waals surface area (Å²) in [5.41, 5.74) is 9.95. The van der Waals surface area contributed by atoms with Gasteiger partial charge in [0.25, 0.3) is 0 Å². The molecule has 0 aliphatic carbocycles. The Morgan fingerprint density at radius 2 is 1.63 bits per heavy atom. The molecule has 0 atom stereocenters. The first-order chi connectivity index (χ1) is 9.22. The van der Waals surface area contributed by atoms with Gasteiger partial charge in [-0.15, -0.1) is 0 Å². The molecule has 0 saturated heterocycles. The molecule has 2 nitrogen and oxygen atoms in total. The maximum Gasteiger partial charge on any atom is 0.0618 e. The number of nitrogens with one attached hydrogen (secondary N) is 1. The lowest BCUT2D eigenvalue weighted by Crippen LogP contribution is -1.96. The number of rotatable bonds is 2. The molecular weight excluding hydrogens is 232 g/mol. The second-order valence-corrected chi connectivity index (χ2v) is 4.78. The lowest BCUT2D eigenvalue weighted by molar-refractivity contribution is 1.46. The van der Waals surface area contributed by atoms with E-state index in [1.165, 1.54) is 16.3 Å². The first kappa shape index (κ1) is 11.6. The number of nitrogen functional groups attached to an aromatic ring is 1. The summed E-state index contributed by atoms with van der Waals surface area (Å²) in [5.74, 6) is 0. The minimum Gasteiger partial charge on any atom is -0.397 e. The van der Waals surface area contributed by atoms with Gasteiger partial charge in [0.1, 0.15) is 0 Å². The Kier molecular flexibility index (Phi) is 2.84. The van der Waals surface area contributed by atoms with Crippen LogP contribution in [0.5, 0.6) is 0 Å². The zero-order valence-corrected chi connectivity index (χ0v) is 10.9. The van der Waals surface area contributed by atoms with Gasteiger partial charge in [0.2, 0.25) is 0 Å². The Labute approximate surface area is 112 Å². The van der Waals surface area contributed by atoms with Gasteiger partial charge in [0.15, 0.2) is 0 Å². The highest BCUT2D eigenvalue weighted by molar-refractivity contribution is 5.87. The van der Waals surface area contributed by atoms with Crippen molar-refractivity contribution in [3.05, 3.63) is 66.2 Å². The van der Waals surface area contributed by atoms with Gasteiger partial charge >= 0.3 is 0 Å². The van der Waals surface area contributed by atoms with E-state index in [2.05, 4.69) is 41.7 Å². The molecule has 0 fully saturated rings. The van der Waals surface area contributed by atoms with Gasteiger partial charge < -0.3 is 11.1 Å². The zero-order chi connectivity index (χ0) is 13.2. The van der Waals surface area contributed by atoms with E-state index in [9.17, 15) is 0 Å². The summed E-state index contributed by atoms with van der Waals surface area (Å²) in [4.78, 5) is 0. The van der Waals surface area contributed by atoms with Crippen LogP contribution in [0.4, 0.5) is 17.1 Å². The van der Waals surface area contributed by atoms with E-state index >= 15 is 0 Å². The molecule has 0 unspecified atom stereocenters. The molecule has 0 radical (unpaired) electrons. The first-order valence-electron chi connectivity index (χ1n) is 6.34. The van der Waals surface area contributed by atoms with Gasteiger partial charge in [-0.1, -0.05) is 36.4 Å². The Balaban J connectivity index is 1.96. The molecule has 0 aliphatic rings. The minimum atomic E-state index is 0.771.